The van der Waals surface area contributed by atoms with Gasteiger partial charge in [0.25, 0.3) is 0 Å². The summed E-state index contributed by atoms with van der Waals surface area (Å²) in [5.41, 5.74) is 7.40. The topological polar surface area (TPSA) is 46.3 Å². The Morgan fingerprint density at radius 3 is 2.79 bits per heavy atom. The van der Waals surface area contributed by atoms with Crippen LogP contribution in [0.5, 0.6) is 0 Å². The number of para-hydroxylation sites is 2. The van der Waals surface area contributed by atoms with Crippen LogP contribution in [-0.2, 0) is 4.79 Å². The van der Waals surface area contributed by atoms with Gasteiger partial charge in [-0.3, -0.25) is 4.79 Å². The number of carbonyl (C=O) groups excluding carboxylic acids is 1. The zero-order valence-corrected chi connectivity index (χ0v) is 7.81. The van der Waals surface area contributed by atoms with E-state index in [9.17, 15) is 4.79 Å². The highest BCUT2D eigenvalue weighted by molar-refractivity contribution is 6.01. The molecular formula is C11H12N2O. The minimum absolute atomic E-state index is 0.257. The molecule has 1 heterocycles. The second-order valence-corrected chi connectivity index (χ2v) is 4.11. The van der Waals surface area contributed by atoms with Gasteiger partial charge in [0.2, 0.25) is 5.91 Å². The predicted octanol–water partition coefficient (Wildman–Crippen LogP) is 1.25. The van der Waals surface area contributed by atoms with Crippen molar-refractivity contribution >= 4 is 17.3 Å². The maximum Gasteiger partial charge on any atom is 0.230 e. The fraction of sp³-hybridized carbons (Fsp3) is 0.364. The van der Waals surface area contributed by atoms with Gasteiger partial charge in [-0.15, -0.1) is 0 Å². The van der Waals surface area contributed by atoms with Crippen LogP contribution in [-0.4, -0.2) is 12.5 Å². The lowest BCUT2D eigenvalue weighted by Crippen LogP contribution is -2.28. The Balaban J connectivity index is 1.96. The first-order valence-corrected chi connectivity index (χ1v) is 4.93. The number of piperidine rings is 1. The Labute approximate surface area is 82.5 Å². The normalized spacial score (nSPS) is 29.1. The quantitative estimate of drug-likeness (QED) is 0.674. The van der Waals surface area contributed by atoms with E-state index < -0.39 is 0 Å². The van der Waals surface area contributed by atoms with Gasteiger partial charge in [-0.1, -0.05) is 12.1 Å². The molecular weight excluding hydrogens is 176 g/mol. The van der Waals surface area contributed by atoms with Crippen molar-refractivity contribution in [1.82, 2.24) is 0 Å². The lowest BCUT2D eigenvalue weighted by atomic mass is 10.2. The van der Waals surface area contributed by atoms with Crippen LogP contribution in [0.25, 0.3) is 0 Å². The van der Waals surface area contributed by atoms with E-state index in [0.29, 0.717) is 17.5 Å². The van der Waals surface area contributed by atoms with E-state index in [-0.39, 0.29) is 5.91 Å². The number of hydrogen-bond acceptors (Lipinski definition) is 2. The highest BCUT2D eigenvalue weighted by atomic mass is 16.2. The summed E-state index contributed by atoms with van der Waals surface area (Å²) in [6, 6.07) is 7.56. The van der Waals surface area contributed by atoms with Crippen molar-refractivity contribution in [2.75, 3.05) is 17.2 Å². The average molecular weight is 188 g/mol. The fourth-order valence-corrected chi connectivity index (χ4v) is 2.23. The zero-order chi connectivity index (χ0) is 9.71. The summed E-state index contributed by atoms with van der Waals surface area (Å²) in [6.45, 7) is 0.859. The molecule has 1 saturated heterocycles. The molecule has 3 rings (SSSR count). The van der Waals surface area contributed by atoms with Crippen LogP contribution in [0.4, 0.5) is 11.4 Å². The Bertz CT molecular complexity index is 402. The first-order valence-electron chi connectivity index (χ1n) is 4.93. The molecule has 0 radical (unpaired) electrons. The highest BCUT2D eigenvalue weighted by Crippen LogP contribution is 2.48. The highest BCUT2D eigenvalue weighted by Gasteiger charge is 2.52. The molecule has 2 atom stereocenters. The number of fused-ring (bicyclic) bond motifs is 1. The third kappa shape index (κ3) is 0.953. The largest absolute Gasteiger partial charge is 0.397 e. The summed E-state index contributed by atoms with van der Waals surface area (Å²) in [4.78, 5) is 13.6. The van der Waals surface area contributed by atoms with Gasteiger partial charge >= 0.3 is 0 Å². The summed E-state index contributed by atoms with van der Waals surface area (Å²) < 4.78 is 0. The van der Waals surface area contributed by atoms with Crippen molar-refractivity contribution in [2.45, 2.75) is 6.42 Å². The van der Waals surface area contributed by atoms with E-state index in [1.165, 1.54) is 0 Å². The van der Waals surface area contributed by atoms with E-state index in [1.54, 1.807) is 0 Å². The molecule has 0 spiro atoms. The van der Waals surface area contributed by atoms with Crippen molar-refractivity contribution < 1.29 is 4.79 Å². The number of benzene rings is 1. The number of nitrogen functional groups attached to an aromatic ring is 1. The van der Waals surface area contributed by atoms with Crippen LogP contribution in [0.3, 0.4) is 0 Å². The summed E-state index contributed by atoms with van der Waals surface area (Å²) in [5.74, 6) is 1.16. The smallest absolute Gasteiger partial charge is 0.230 e. The number of rotatable bonds is 1. The maximum atomic E-state index is 11.8. The van der Waals surface area contributed by atoms with Crippen molar-refractivity contribution in [3.05, 3.63) is 24.3 Å². The number of amides is 1. The molecule has 0 bridgehead atoms. The predicted molar refractivity (Wildman–Crippen MR) is 54.8 cm³/mol. The molecule has 0 aromatic heterocycles. The lowest BCUT2D eigenvalue weighted by Gasteiger charge is -2.19. The van der Waals surface area contributed by atoms with Gasteiger partial charge in [0, 0.05) is 12.5 Å². The van der Waals surface area contributed by atoms with Gasteiger partial charge in [-0.2, -0.15) is 0 Å². The molecule has 2 unspecified atom stereocenters. The standard InChI is InChI=1S/C11H12N2O/c12-9-3-1-2-4-10(9)13-6-7-5-8(7)11(13)14/h1-4,7-8H,5-6,12H2. The summed E-state index contributed by atoms with van der Waals surface area (Å²) in [5, 5.41) is 0. The van der Waals surface area contributed by atoms with Crippen LogP contribution in [0.1, 0.15) is 6.42 Å². The van der Waals surface area contributed by atoms with Gasteiger partial charge in [-0.25, -0.2) is 0 Å². The number of hydrogen-bond donors (Lipinski definition) is 1. The van der Waals surface area contributed by atoms with E-state index in [1.807, 2.05) is 29.2 Å². The molecule has 1 saturated carbocycles. The van der Waals surface area contributed by atoms with E-state index in [0.717, 1.165) is 18.7 Å². The van der Waals surface area contributed by atoms with Crippen LogP contribution < -0.4 is 10.6 Å². The Hall–Kier alpha value is -1.51. The minimum atomic E-state index is 0.257. The SMILES string of the molecule is Nc1ccccc1N1CC2CC2C1=O. The first kappa shape index (κ1) is 7.85. The molecule has 14 heavy (non-hydrogen) atoms. The van der Waals surface area contributed by atoms with Crippen molar-refractivity contribution in [2.24, 2.45) is 11.8 Å². The van der Waals surface area contributed by atoms with Crippen LogP contribution in [0, 0.1) is 11.8 Å². The van der Waals surface area contributed by atoms with Gasteiger partial charge in [0.1, 0.15) is 0 Å². The summed E-state index contributed by atoms with van der Waals surface area (Å²) >= 11 is 0. The molecule has 2 aliphatic rings. The Morgan fingerprint density at radius 2 is 2.14 bits per heavy atom. The Morgan fingerprint density at radius 1 is 1.36 bits per heavy atom. The van der Waals surface area contributed by atoms with E-state index in [4.69, 9.17) is 5.73 Å². The third-order valence-electron chi connectivity index (χ3n) is 3.15. The molecule has 72 valence electrons. The molecule has 1 aromatic rings. The van der Waals surface area contributed by atoms with Crippen LogP contribution >= 0.6 is 0 Å². The van der Waals surface area contributed by atoms with Crippen LogP contribution in [0.2, 0.25) is 0 Å². The molecule has 1 aliphatic heterocycles. The number of nitrogens with zero attached hydrogens (tertiary/aromatic N) is 1. The summed E-state index contributed by atoms with van der Waals surface area (Å²) in [7, 11) is 0. The monoisotopic (exact) mass is 188 g/mol. The van der Waals surface area contributed by atoms with Gasteiger partial charge < -0.3 is 10.6 Å². The van der Waals surface area contributed by atoms with Crippen molar-refractivity contribution in [3.8, 4) is 0 Å². The van der Waals surface area contributed by atoms with Gasteiger partial charge in [0.05, 0.1) is 11.4 Å². The molecule has 1 aromatic carbocycles. The second-order valence-electron chi connectivity index (χ2n) is 4.11. The molecule has 2 fully saturated rings. The molecule has 2 N–H and O–H groups in total. The first-order chi connectivity index (χ1) is 6.77. The second kappa shape index (κ2) is 2.50. The molecule has 1 amide bonds. The van der Waals surface area contributed by atoms with Crippen LogP contribution in [0.15, 0.2) is 24.3 Å². The van der Waals surface area contributed by atoms with Crippen molar-refractivity contribution in [1.29, 1.82) is 0 Å². The minimum Gasteiger partial charge on any atom is -0.397 e. The van der Waals surface area contributed by atoms with Gasteiger partial charge in [0.15, 0.2) is 0 Å². The van der Waals surface area contributed by atoms with Gasteiger partial charge in [-0.05, 0) is 24.5 Å². The summed E-state index contributed by atoms with van der Waals surface area (Å²) in [6.07, 6.45) is 1.09. The lowest BCUT2D eigenvalue weighted by molar-refractivity contribution is -0.118. The fourth-order valence-electron chi connectivity index (χ4n) is 2.23. The number of nitrogens with two attached hydrogens (primary N) is 1. The number of anilines is 2. The maximum absolute atomic E-state index is 11.8. The average Bonchev–Trinajstić information content (AvgIpc) is 2.88. The Kier molecular flexibility index (Phi) is 1.40. The third-order valence-corrected chi connectivity index (χ3v) is 3.15. The molecule has 3 nitrogen and oxygen atoms in total. The molecule has 3 heteroatoms. The zero-order valence-electron chi connectivity index (χ0n) is 7.81. The number of carbonyl (C=O) groups is 1. The van der Waals surface area contributed by atoms with Crippen molar-refractivity contribution in [3.63, 3.8) is 0 Å². The van der Waals surface area contributed by atoms with E-state index >= 15 is 0 Å². The molecule has 1 aliphatic carbocycles. The van der Waals surface area contributed by atoms with E-state index in [2.05, 4.69) is 0 Å².